The predicted molar refractivity (Wildman–Crippen MR) is 75.3 cm³/mol. The minimum Gasteiger partial charge on any atom is -0.480 e. The number of aryl methyl sites for hydroxylation is 1. The van der Waals surface area contributed by atoms with Gasteiger partial charge in [0.1, 0.15) is 13.1 Å². The zero-order valence-electron chi connectivity index (χ0n) is 12.0. The Labute approximate surface area is 124 Å². The van der Waals surface area contributed by atoms with Gasteiger partial charge >= 0.3 is 11.7 Å². The summed E-state index contributed by atoms with van der Waals surface area (Å²) in [6.45, 7) is -0.165. The van der Waals surface area contributed by atoms with Crippen LogP contribution in [0.25, 0.3) is 0 Å². The first-order valence-corrected chi connectivity index (χ1v) is 6.41. The molecule has 0 aliphatic carbocycles. The zero-order chi connectivity index (χ0) is 16.9. The smallest absolute Gasteiger partial charge is 0.328 e. The van der Waals surface area contributed by atoms with E-state index in [1.807, 2.05) is 4.98 Å². The molecule has 0 bridgehead atoms. The van der Waals surface area contributed by atoms with Crippen LogP contribution in [0.2, 0.25) is 0 Å². The van der Waals surface area contributed by atoms with Crippen molar-refractivity contribution in [3.05, 3.63) is 32.6 Å². The van der Waals surface area contributed by atoms with Crippen LogP contribution in [0.15, 0.2) is 15.8 Å². The molecule has 10 heteroatoms. The molecule has 1 unspecified atom stereocenters. The predicted octanol–water partition coefficient (Wildman–Crippen LogP) is -2.92. The topological polar surface area (TPSA) is 159 Å². The molecule has 5 N–H and O–H groups in total. The van der Waals surface area contributed by atoms with Gasteiger partial charge in [0.2, 0.25) is 5.91 Å². The molecule has 22 heavy (non-hydrogen) atoms. The van der Waals surface area contributed by atoms with Crippen molar-refractivity contribution in [1.29, 1.82) is 0 Å². The van der Waals surface area contributed by atoms with Crippen LogP contribution in [0.3, 0.4) is 0 Å². The summed E-state index contributed by atoms with van der Waals surface area (Å²) in [6, 6.07) is -0.794. The molecular formula is C12H18N4O6. The molecule has 0 aliphatic heterocycles. The molecule has 1 amide bonds. The molecule has 1 atom stereocenters. The van der Waals surface area contributed by atoms with Crippen LogP contribution in [0.5, 0.6) is 0 Å². The number of carbonyl (C=O) groups excluding carboxylic acids is 1. The molecule has 0 spiro atoms. The number of amides is 1. The minimum absolute atomic E-state index is 0.168. The van der Waals surface area contributed by atoms with Gasteiger partial charge in [0.15, 0.2) is 0 Å². The molecule has 1 aromatic heterocycles. The van der Waals surface area contributed by atoms with Crippen LogP contribution >= 0.6 is 0 Å². The Morgan fingerprint density at radius 3 is 2.64 bits per heavy atom. The number of carboxylic acids is 1. The van der Waals surface area contributed by atoms with Crippen molar-refractivity contribution in [3.8, 4) is 0 Å². The van der Waals surface area contributed by atoms with Gasteiger partial charge in [-0.1, -0.05) is 0 Å². The van der Waals surface area contributed by atoms with Gasteiger partial charge in [-0.15, -0.1) is 0 Å². The average Bonchev–Trinajstić information content (AvgIpc) is 2.43. The Kier molecular flexibility index (Phi) is 6.01. The molecule has 0 radical (unpaired) electrons. The van der Waals surface area contributed by atoms with Gasteiger partial charge in [0, 0.05) is 24.3 Å². The monoisotopic (exact) mass is 314 g/mol. The number of aliphatic carboxylic acids is 1. The molecule has 0 saturated heterocycles. The first-order chi connectivity index (χ1) is 10.2. The van der Waals surface area contributed by atoms with E-state index in [9.17, 15) is 19.2 Å². The van der Waals surface area contributed by atoms with Gasteiger partial charge in [-0.05, 0) is 6.92 Å². The molecular weight excluding hydrogens is 296 g/mol. The highest BCUT2D eigenvalue weighted by Gasteiger charge is 2.20. The summed E-state index contributed by atoms with van der Waals surface area (Å²) >= 11 is 0. The number of nitrogens with one attached hydrogen (secondary N) is 1. The fraction of sp³-hybridized carbons (Fsp3) is 0.500. The summed E-state index contributed by atoms with van der Waals surface area (Å²) in [5.41, 5.74) is 4.41. The van der Waals surface area contributed by atoms with Crippen molar-refractivity contribution in [2.75, 3.05) is 19.7 Å². The molecule has 10 nitrogen and oxygen atoms in total. The van der Waals surface area contributed by atoms with E-state index in [1.165, 1.54) is 13.1 Å². The average molecular weight is 314 g/mol. The number of H-pyrrole nitrogens is 1. The number of aliphatic hydroxyl groups excluding tert-OH is 1. The van der Waals surface area contributed by atoms with E-state index in [4.69, 9.17) is 15.9 Å². The number of aromatic amines is 1. The standard InChI is InChI=1S/C12H18N4O6/c1-7-2-16(12(22)14-11(7)21)4-9(18)15(5-10(19)20)3-8(13)6-17/h2,8,17H,3-6,13H2,1H3,(H,19,20)(H,14,21,22). The summed E-state index contributed by atoms with van der Waals surface area (Å²) < 4.78 is 0.971. The first kappa shape index (κ1) is 17.6. The van der Waals surface area contributed by atoms with E-state index in [0.29, 0.717) is 0 Å². The van der Waals surface area contributed by atoms with E-state index in [-0.39, 0.29) is 12.1 Å². The third-order valence-electron chi connectivity index (χ3n) is 2.86. The molecule has 0 fully saturated rings. The number of carbonyl (C=O) groups is 2. The Balaban J connectivity index is 2.95. The number of aliphatic hydroxyl groups is 1. The van der Waals surface area contributed by atoms with Crippen molar-refractivity contribution in [2.24, 2.45) is 5.73 Å². The minimum atomic E-state index is -1.25. The highest BCUT2D eigenvalue weighted by atomic mass is 16.4. The second-order valence-electron chi connectivity index (χ2n) is 4.81. The number of rotatable bonds is 7. The van der Waals surface area contributed by atoms with Crippen LogP contribution in [-0.4, -0.2) is 62.3 Å². The van der Waals surface area contributed by atoms with E-state index in [1.54, 1.807) is 0 Å². The molecule has 0 saturated carbocycles. The molecule has 0 aliphatic rings. The molecule has 1 aromatic rings. The van der Waals surface area contributed by atoms with E-state index < -0.39 is 48.9 Å². The summed E-state index contributed by atoms with van der Waals surface area (Å²) in [4.78, 5) is 48.7. The zero-order valence-corrected chi connectivity index (χ0v) is 12.0. The van der Waals surface area contributed by atoms with Crippen molar-refractivity contribution in [2.45, 2.75) is 19.5 Å². The maximum Gasteiger partial charge on any atom is 0.328 e. The Morgan fingerprint density at radius 1 is 1.45 bits per heavy atom. The van der Waals surface area contributed by atoms with Gasteiger partial charge < -0.3 is 20.8 Å². The first-order valence-electron chi connectivity index (χ1n) is 6.41. The largest absolute Gasteiger partial charge is 0.480 e. The van der Waals surface area contributed by atoms with Crippen LogP contribution in [-0.2, 0) is 16.1 Å². The highest BCUT2D eigenvalue weighted by molar-refractivity contribution is 5.81. The maximum atomic E-state index is 12.1. The fourth-order valence-corrected chi connectivity index (χ4v) is 1.74. The van der Waals surface area contributed by atoms with Crippen molar-refractivity contribution in [3.63, 3.8) is 0 Å². The Morgan fingerprint density at radius 2 is 2.09 bits per heavy atom. The van der Waals surface area contributed by atoms with Gasteiger partial charge in [0.05, 0.1) is 6.61 Å². The molecule has 122 valence electrons. The van der Waals surface area contributed by atoms with Crippen LogP contribution in [0.1, 0.15) is 5.56 Å². The SMILES string of the molecule is Cc1cn(CC(=O)N(CC(=O)O)CC(N)CO)c(=O)[nH]c1=O. The number of nitrogens with two attached hydrogens (primary N) is 1. The Hall–Kier alpha value is -2.46. The molecule has 0 aromatic carbocycles. The lowest BCUT2D eigenvalue weighted by molar-refractivity contribution is -0.145. The Bertz CT molecular complexity index is 664. The van der Waals surface area contributed by atoms with Gasteiger partial charge in [-0.25, -0.2) is 4.79 Å². The lowest BCUT2D eigenvalue weighted by atomic mass is 10.3. The van der Waals surface area contributed by atoms with Gasteiger partial charge in [-0.3, -0.25) is 23.9 Å². The summed E-state index contributed by atoms with van der Waals surface area (Å²) in [5.74, 6) is -1.91. The number of carboxylic acid groups (broad SMARTS) is 1. The lowest BCUT2D eigenvalue weighted by Gasteiger charge is -2.23. The third-order valence-corrected chi connectivity index (χ3v) is 2.86. The maximum absolute atomic E-state index is 12.1. The quantitative estimate of drug-likeness (QED) is 0.419. The van der Waals surface area contributed by atoms with Gasteiger partial charge in [-0.2, -0.15) is 0 Å². The summed E-state index contributed by atoms with van der Waals surface area (Å²) in [5, 5.41) is 17.7. The molecule has 1 heterocycles. The third kappa shape index (κ3) is 4.82. The second-order valence-corrected chi connectivity index (χ2v) is 4.81. The van der Waals surface area contributed by atoms with E-state index in [0.717, 1.165) is 9.47 Å². The highest BCUT2D eigenvalue weighted by Crippen LogP contribution is 1.96. The lowest BCUT2D eigenvalue weighted by Crippen LogP contribution is -2.47. The summed E-state index contributed by atoms with van der Waals surface area (Å²) in [7, 11) is 0. The van der Waals surface area contributed by atoms with Crippen LogP contribution in [0, 0.1) is 6.92 Å². The normalized spacial score (nSPS) is 12.0. The number of hydrogen-bond acceptors (Lipinski definition) is 6. The number of aromatic nitrogens is 2. The van der Waals surface area contributed by atoms with Crippen LogP contribution < -0.4 is 17.0 Å². The van der Waals surface area contributed by atoms with Crippen molar-refractivity contribution < 1.29 is 19.8 Å². The van der Waals surface area contributed by atoms with Crippen LogP contribution in [0.4, 0.5) is 0 Å². The second kappa shape index (κ2) is 7.52. The van der Waals surface area contributed by atoms with Gasteiger partial charge in [0.25, 0.3) is 5.56 Å². The fourth-order valence-electron chi connectivity index (χ4n) is 1.74. The number of hydrogen-bond donors (Lipinski definition) is 4. The summed E-state index contributed by atoms with van der Waals surface area (Å²) in [6.07, 6.45) is 1.21. The van der Waals surface area contributed by atoms with Crippen molar-refractivity contribution in [1.82, 2.24) is 14.5 Å². The van der Waals surface area contributed by atoms with E-state index in [2.05, 4.69) is 0 Å². The van der Waals surface area contributed by atoms with Crippen molar-refractivity contribution >= 4 is 11.9 Å². The molecule has 1 rings (SSSR count). The number of nitrogens with zero attached hydrogens (tertiary/aromatic N) is 2. The van der Waals surface area contributed by atoms with E-state index >= 15 is 0 Å².